The van der Waals surface area contributed by atoms with Crippen LogP contribution in [0.1, 0.15) is 18.9 Å². The van der Waals surface area contributed by atoms with Crippen LogP contribution in [0, 0.1) is 5.82 Å². The van der Waals surface area contributed by atoms with Crippen LogP contribution in [0.15, 0.2) is 50.9 Å². The summed E-state index contributed by atoms with van der Waals surface area (Å²) < 4.78 is 15.0. The Bertz CT molecular complexity index is 592. The highest BCUT2D eigenvalue weighted by atomic mass is 79.9. The molecule has 1 aromatic heterocycles. The summed E-state index contributed by atoms with van der Waals surface area (Å²) in [6.07, 6.45) is 3.24. The molecule has 1 atom stereocenters. The van der Waals surface area contributed by atoms with Gasteiger partial charge in [-0.15, -0.1) is 0 Å². The maximum Gasteiger partial charge on any atom is 0.137 e. The van der Waals surface area contributed by atoms with Crippen molar-refractivity contribution in [1.82, 2.24) is 4.98 Å². The summed E-state index contributed by atoms with van der Waals surface area (Å²) in [6.45, 7) is 2.03. The Hall–Kier alpha value is -0.910. The van der Waals surface area contributed by atoms with E-state index in [1.807, 2.05) is 25.1 Å². The molecule has 0 radical (unpaired) electrons. The van der Waals surface area contributed by atoms with Crippen LogP contribution >= 0.6 is 27.7 Å². The molecule has 1 aromatic carbocycles. The average Bonchev–Trinajstić information content (AvgIpc) is 2.44. The molecule has 0 saturated carbocycles. The SMILES string of the molecule is CCC(N)Cc1cccc(F)c1Sc1ncccc1Br. The minimum absolute atomic E-state index is 0.0447. The number of benzene rings is 1. The van der Waals surface area contributed by atoms with Crippen LogP contribution in [-0.4, -0.2) is 11.0 Å². The monoisotopic (exact) mass is 354 g/mol. The lowest BCUT2D eigenvalue weighted by Crippen LogP contribution is -2.21. The minimum atomic E-state index is -0.228. The van der Waals surface area contributed by atoms with E-state index in [-0.39, 0.29) is 11.9 Å². The van der Waals surface area contributed by atoms with Crippen LogP contribution in [0.4, 0.5) is 4.39 Å². The van der Waals surface area contributed by atoms with Crippen LogP contribution < -0.4 is 5.73 Å². The fourth-order valence-corrected chi connectivity index (χ4v) is 3.22. The zero-order valence-electron chi connectivity index (χ0n) is 11.1. The van der Waals surface area contributed by atoms with Crippen LogP contribution in [0.5, 0.6) is 0 Å². The van der Waals surface area contributed by atoms with E-state index >= 15 is 0 Å². The first kappa shape index (κ1) is 15.5. The summed E-state index contributed by atoms with van der Waals surface area (Å²) in [6, 6.07) is 8.91. The highest BCUT2D eigenvalue weighted by Gasteiger charge is 2.14. The van der Waals surface area contributed by atoms with Gasteiger partial charge in [-0.1, -0.05) is 30.8 Å². The predicted molar refractivity (Wildman–Crippen MR) is 84.4 cm³/mol. The van der Waals surface area contributed by atoms with Crippen molar-refractivity contribution in [3.8, 4) is 0 Å². The Kier molecular flexibility index (Phi) is 5.57. The van der Waals surface area contributed by atoms with E-state index in [4.69, 9.17) is 5.73 Å². The van der Waals surface area contributed by atoms with E-state index in [1.54, 1.807) is 12.3 Å². The second-order valence-electron chi connectivity index (χ2n) is 4.49. The molecule has 2 aromatic rings. The molecule has 20 heavy (non-hydrogen) atoms. The van der Waals surface area contributed by atoms with Crippen LogP contribution in [0.2, 0.25) is 0 Å². The predicted octanol–water partition coefficient (Wildman–Crippen LogP) is 4.41. The molecule has 2 rings (SSSR count). The van der Waals surface area contributed by atoms with Gasteiger partial charge in [0, 0.05) is 12.2 Å². The summed E-state index contributed by atoms with van der Waals surface area (Å²) in [5.74, 6) is -0.228. The standard InChI is InChI=1S/C15H16BrFN2S/c1-2-11(18)9-10-5-3-7-13(17)14(10)20-15-12(16)6-4-8-19-15/h3-8,11H,2,9,18H2,1H3. The minimum Gasteiger partial charge on any atom is -0.327 e. The first-order valence-corrected chi connectivity index (χ1v) is 8.04. The van der Waals surface area contributed by atoms with Crippen molar-refractivity contribution in [2.24, 2.45) is 5.73 Å². The third kappa shape index (κ3) is 3.81. The highest BCUT2D eigenvalue weighted by molar-refractivity contribution is 9.10. The van der Waals surface area contributed by atoms with E-state index in [0.717, 1.165) is 21.5 Å². The molecule has 0 fully saturated rings. The number of pyridine rings is 1. The molecule has 5 heteroatoms. The number of hydrogen-bond acceptors (Lipinski definition) is 3. The van der Waals surface area contributed by atoms with E-state index in [1.165, 1.54) is 17.8 Å². The fraction of sp³-hybridized carbons (Fsp3) is 0.267. The zero-order chi connectivity index (χ0) is 14.5. The van der Waals surface area contributed by atoms with Crippen molar-refractivity contribution in [2.45, 2.75) is 35.7 Å². The number of nitrogens with zero attached hydrogens (tertiary/aromatic N) is 1. The smallest absolute Gasteiger partial charge is 0.137 e. The first-order chi connectivity index (χ1) is 9.61. The van der Waals surface area contributed by atoms with Gasteiger partial charge in [0.05, 0.1) is 9.37 Å². The van der Waals surface area contributed by atoms with Crippen molar-refractivity contribution in [3.05, 3.63) is 52.4 Å². The number of aromatic nitrogens is 1. The summed E-state index contributed by atoms with van der Waals surface area (Å²) in [4.78, 5) is 4.88. The van der Waals surface area contributed by atoms with Gasteiger partial charge in [0.25, 0.3) is 0 Å². The van der Waals surface area contributed by atoms with Gasteiger partial charge in [0.1, 0.15) is 10.8 Å². The summed E-state index contributed by atoms with van der Waals surface area (Å²) in [7, 11) is 0. The number of rotatable bonds is 5. The molecule has 1 unspecified atom stereocenters. The van der Waals surface area contributed by atoms with Gasteiger partial charge >= 0.3 is 0 Å². The van der Waals surface area contributed by atoms with Gasteiger partial charge in [-0.2, -0.15) is 0 Å². The summed E-state index contributed by atoms with van der Waals surface area (Å²) in [5, 5.41) is 0.754. The fourth-order valence-electron chi connectivity index (χ4n) is 1.80. The largest absolute Gasteiger partial charge is 0.327 e. The van der Waals surface area contributed by atoms with Gasteiger partial charge in [-0.25, -0.2) is 9.37 Å². The quantitative estimate of drug-likeness (QED) is 0.863. The lowest BCUT2D eigenvalue weighted by atomic mass is 10.0. The van der Waals surface area contributed by atoms with E-state index in [9.17, 15) is 4.39 Å². The van der Waals surface area contributed by atoms with E-state index in [2.05, 4.69) is 20.9 Å². The van der Waals surface area contributed by atoms with Gasteiger partial charge in [0.15, 0.2) is 0 Å². The highest BCUT2D eigenvalue weighted by Crippen LogP contribution is 2.35. The van der Waals surface area contributed by atoms with Gasteiger partial charge in [0.2, 0.25) is 0 Å². The summed E-state index contributed by atoms with van der Waals surface area (Å²) in [5.41, 5.74) is 6.92. The third-order valence-electron chi connectivity index (χ3n) is 2.98. The Labute approximate surface area is 131 Å². The Morgan fingerprint density at radius 1 is 1.35 bits per heavy atom. The molecule has 0 aliphatic heterocycles. The molecule has 1 heterocycles. The molecule has 0 amide bonds. The maximum atomic E-state index is 14.1. The van der Waals surface area contributed by atoms with Crippen molar-refractivity contribution < 1.29 is 4.39 Å². The zero-order valence-corrected chi connectivity index (χ0v) is 13.5. The first-order valence-electron chi connectivity index (χ1n) is 6.43. The Morgan fingerprint density at radius 3 is 2.85 bits per heavy atom. The second-order valence-corrected chi connectivity index (χ2v) is 6.35. The maximum absolute atomic E-state index is 14.1. The number of halogens is 2. The van der Waals surface area contributed by atoms with Gasteiger partial charge in [-0.05, 0) is 52.5 Å². The molecule has 0 aliphatic carbocycles. The molecular formula is C15H16BrFN2S. The average molecular weight is 355 g/mol. The molecular weight excluding hydrogens is 339 g/mol. The van der Waals surface area contributed by atoms with Crippen LogP contribution in [0.25, 0.3) is 0 Å². The normalized spacial score (nSPS) is 12.4. The Morgan fingerprint density at radius 2 is 2.15 bits per heavy atom. The van der Waals surface area contributed by atoms with E-state index in [0.29, 0.717) is 11.3 Å². The lowest BCUT2D eigenvalue weighted by molar-refractivity contribution is 0.585. The van der Waals surface area contributed by atoms with Crippen LogP contribution in [0.3, 0.4) is 0 Å². The van der Waals surface area contributed by atoms with E-state index < -0.39 is 0 Å². The second kappa shape index (κ2) is 7.20. The Balaban J connectivity index is 2.33. The summed E-state index contributed by atoms with van der Waals surface area (Å²) >= 11 is 4.77. The van der Waals surface area contributed by atoms with Gasteiger partial charge in [-0.3, -0.25) is 0 Å². The van der Waals surface area contributed by atoms with Crippen LogP contribution in [-0.2, 0) is 6.42 Å². The molecule has 2 nitrogen and oxygen atoms in total. The van der Waals surface area contributed by atoms with Crippen molar-refractivity contribution >= 4 is 27.7 Å². The molecule has 0 bridgehead atoms. The lowest BCUT2D eigenvalue weighted by Gasteiger charge is -2.14. The van der Waals surface area contributed by atoms with Crippen molar-refractivity contribution in [3.63, 3.8) is 0 Å². The van der Waals surface area contributed by atoms with Gasteiger partial charge < -0.3 is 5.73 Å². The molecule has 0 spiro atoms. The topological polar surface area (TPSA) is 38.9 Å². The molecule has 0 aliphatic rings. The van der Waals surface area contributed by atoms with Crippen molar-refractivity contribution in [1.29, 1.82) is 0 Å². The van der Waals surface area contributed by atoms with Crippen molar-refractivity contribution in [2.75, 3.05) is 0 Å². The molecule has 106 valence electrons. The molecule has 2 N–H and O–H groups in total. The third-order valence-corrected chi connectivity index (χ3v) is 5.06. The number of nitrogens with two attached hydrogens (primary N) is 1. The number of hydrogen-bond donors (Lipinski definition) is 1. The molecule has 0 saturated heterocycles.